The summed E-state index contributed by atoms with van der Waals surface area (Å²) in [5.41, 5.74) is 3.92. The summed E-state index contributed by atoms with van der Waals surface area (Å²) in [5.74, 6) is 0. The first-order valence-electron chi connectivity index (χ1n) is 5.21. The van der Waals surface area contributed by atoms with E-state index in [1.165, 1.54) is 16.5 Å². The first kappa shape index (κ1) is 9.20. The van der Waals surface area contributed by atoms with Crippen molar-refractivity contribution in [3.63, 3.8) is 0 Å². The lowest BCUT2D eigenvalue weighted by Gasteiger charge is -2.06. The van der Waals surface area contributed by atoms with Crippen molar-refractivity contribution in [3.8, 4) is 0 Å². The van der Waals surface area contributed by atoms with Crippen molar-refractivity contribution in [2.45, 2.75) is 26.7 Å². The van der Waals surface area contributed by atoms with E-state index in [-0.39, 0.29) is 0 Å². The lowest BCUT2D eigenvalue weighted by molar-refractivity contribution is 1.10. The Morgan fingerprint density at radius 2 is 2.00 bits per heavy atom. The number of hydrogen-bond acceptors (Lipinski definition) is 1. The van der Waals surface area contributed by atoms with Gasteiger partial charge in [0.15, 0.2) is 0 Å². The van der Waals surface area contributed by atoms with E-state index >= 15 is 0 Å². The zero-order valence-electron chi connectivity index (χ0n) is 8.75. The Kier molecular flexibility index (Phi) is 2.49. The summed E-state index contributed by atoms with van der Waals surface area (Å²) >= 11 is 0. The molecule has 0 aliphatic carbocycles. The Balaban J connectivity index is 2.73. The molecule has 1 aromatic carbocycles. The van der Waals surface area contributed by atoms with E-state index in [1.54, 1.807) is 0 Å². The van der Waals surface area contributed by atoms with Crippen molar-refractivity contribution in [3.05, 3.63) is 41.6 Å². The van der Waals surface area contributed by atoms with Gasteiger partial charge in [-0.25, -0.2) is 0 Å². The molecule has 0 saturated carbocycles. The zero-order chi connectivity index (χ0) is 9.97. The third-order valence-electron chi connectivity index (χ3n) is 2.66. The summed E-state index contributed by atoms with van der Waals surface area (Å²) in [4.78, 5) is 4.40. The zero-order valence-corrected chi connectivity index (χ0v) is 8.75. The van der Waals surface area contributed by atoms with Crippen LogP contribution in [0.1, 0.15) is 25.0 Å². The summed E-state index contributed by atoms with van der Waals surface area (Å²) in [6.45, 7) is 4.38. The van der Waals surface area contributed by atoms with Crippen LogP contribution in [0.4, 0.5) is 0 Å². The van der Waals surface area contributed by atoms with Crippen molar-refractivity contribution < 1.29 is 0 Å². The number of fused-ring (bicyclic) bond motifs is 1. The van der Waals surface area contributed by atoms with E-state index in [2.05, 4.69) is 37.0 Å². The van der Waals surface area contributed by atoms with Crippen molar-refractivity contribution in [1.82, 2.24) is 4.98 Å². The largest absolute Gasteiger partial charge is 0.256 e. The van der Waals surface area contributed by atoms with Crippen molar-refractivity contribution >= 4 is 10.9 Å². The van der Waals surface area contributed by atoms with Gasteiger partial charge in [-0.05, 0) is 36.1 Å². The van der Waals surface area contributed by atoms with Crippen LogP contribution >= 0.6 is 0 Å². The molecule has 0 unspecified atom stereocenters. The molecule has 0 atom stereocenters. The second-order valence-electron chi connectivity index (χ2n) is 3.53. The molecule has 0 spiro atoms. The van der Waals surface area contributed by atoms with Gasteiger partial charge in [0.25, 0.3) is 0 Å². The predicted octanol–water partition coefficient (Wildman–Crippen LogP) is 3.36. The average Bonchev–Trinajstić information content (AvgIpc) is 2.27. The molecule has 0 N–H and O–H groups in total. The smallest absolute Gasteiger partial charge is 0.0707 e. The molecule has 1 aromatic heterocycles. The second kappa shape index (κ2) is 3.79. The molecule has 2 rings (SSSR count). The van der Waals surface area contributed by atoms with Gasteiger partial charge in [0.1, 0.15) is 0 Å². The molecule has 2 aromatic rings. The molecule has 0 fully saturated rings. The number of rotatable bonds is 2. The lowest BCUT2D eigenvalue weighted by Crippen LogP contribution is -1.90. The van der Waals surface area contributed by atoms with Crippen LogP contribution in [0.3, 0.4) is 0 Å². The van der Waals surface area contributed by atoms with Gasteiger partial charge in [-0.15, -0.1) is 0 Å². The molecular formula is C13H15N. The van der Waals surface area contributed by atoms with Crippen LogP contribution in [0.5, 0.6) is 0 Å². The maximum absolute atomic E-state index is 4.40. The number of pyridine rings is 1. The van der Waals surface area contributed by atoms with Crippen molar-refractivity contribution in [2.75, 3.05) is 0 Å². The molecule has 1 nitrogen and oxygen atoms in total. The normalized spacial score (nSPS) is 10.7. The minimum atomic E-state index is 1.08. The summed E-state index contributed by atoms with van der Waals surface area (Å²) in [6.07, 6.45) is 4.02. The Morgan fingerprint density at radius 3 is 2.71 bits per heavy atom. The van der Waals surface area contributed by atoms with Gasteiger partial charge < -0.3 is 0 Å². The van der Waals surface area contributed by atoms with E-state index in [0.717, 1.165) is 18.4 Å². The van der Waals surface area contributed by atoms with Gasteiger partial charge in [-0.3, -0.25) is 4.98 Å². The molecule has 72 valence electrons. The SMILES string of the molecule is CCc1cc(CC)c2cccnc2c1. The Bertz CT molecular complexity index is 446. The first-order chi connectivity index (χ1) is 6.85. The van der Waals surface area contributed by atoms with E-state index in [9.17, 15) is 0 Å². The number of aryl methyl sites for hydroxylation is 2. The number of hydrogen-bond donors (Lipinski definition) is 0. The molecule has 0 saturated heterocycles. The molecule has 0 aliphatic heterocycles. The van der Waals surface area contributed by atoms with Crippen LogP contribution in [0.15, 0.2) is 30.5 Å². The quantitative estimate of drug-likeness (QED) is 0.699. The van der Waals surface area contributed by atoms with Crippen LogP contribution in [0.2, 0.25) is 0 Å². The summed E-state index contributed by atoms with van der Waals surface area (Å²) in [5, 5.41) is 1.30. The van der Waals surface area contributed by atoms with Gasteiger partial charge in [-0.1, -0.05) is 26.0 Å². The fourth-order valence-electron chi connectivity index (χ4n) is 1.82. The highest BCUT2D eigenvalue weighted by Gasteiger charge is 2.01. The maximum Gasteiger partial charge on any atom is 0.0707 e. The van der Waals surface area contributed by atoms with Gasteiger partial charge in [0.2, 0.25) is 0 Å². The van der Waals surface area contributed by atoms with E-state index in [0.29, 0.717) is 0 Å². The van der Waals surface area contributed by atoms with Crippen molar-refractivity contribution in [2.24, 2.45) is 0 Å². The van der Waals surface area contributed by atoms with E-state index < -0.39 is 0 Å². The van der Waals surface area contributed by atoms with Crippen LogP contribution in [-0.4, -0.2) is 4.98 Å². The topological polar surface area (TPSA) is 12.9 Å². The molecule has 0 radical (unpaired) electrons. The Morgan fingerprint density at radius 1 is 1.14 bits per heavy atom. The van der Waals surface area contributed by atoms with Gasteiger partial charge in [0, 0.05) is 11.6 Å². The molecule has 14 heavy (non-hydrogen) atoms. The predicted molar refractivity (Wildman–Crippen MR) is 60.5 cm³/mol. The highest BCUT2D eigenvalue weighted by Crippen LogP contribution is 2.20. The monoisotopic (exact) mass is 185 g/mol. The summed E-state index contributed by atoms with van der Waals surface area (Å²) in [7, 11) is 0. The molecule has 0 bridgehead atoms. The van der Waals surface area contributed by atoms with Crippen molar-refractivity contribution in [1.29, 1.82) is 0 Å². The van der Waals surface area contributed by atoms with Crippen LogP contribution in [-0.2, 0) is 12.8 Å². The highest BCUT2D eigenvalue weighted by molar-refractivity contribution is 5.82. The second-order valence-corrected chi connectivity index (χ2v) is 3.53. The van der Waals surface area contributed by atoms with Gasteiger partial charge >= 0.3 is 0 Å². The highest BCUT2D eigenvalue weighted by atomic mass is 14.6. The van der Waals surface area contributed by atoms with Gasteiger partial charge in [0.05, 0.1) is 5.52 Å². The molecule has 1 heterocycles. The van der Waals surface area contributed by atoms with Crippen LogP contribution in [0.25, 0.3) is 10.9 Å². The average molecular weight is 185 g/mol. The molecular weight excluding hydrogens is 170 g/mol. The third-order valence-corrected chi connectivity index (χ3v) is 2.66. The molecule has 0 amide bonds. The van der Waals surface area contributed by atoms with Crippen LogP contribution < -0.4 is 0 Å². The Labute approximate surface area is 84.8 Å². The lowest BCUT2D eigenvalue weighted by atomic mass is 10.0. The van der Waals surface area contributed by atoms with Gasteiger partial charge in [-0.2, -0.15) is 0 Å². The summed E-state index contributed by atoms with van der Waals surface area (Å²) in [6, 6.07) is 8.65. The number of nitrogens with zero attached hydrogens (tertiary/aromatic N) is 1. The molecule has 0 aliphatic rings. The van der Waals surface area contributed by atoms with E-state index in [4.69, 9.17) is 0 Å². The minimum absolute atomic E-state index is 1.08. The first-order valence-corrected chi connectivity index (χ1v) is 5.21. The van der Waals surface area contributed by atoms with Crippen LogP contribution in [0, 0.1) is 0 Å². The van der Waals surface area contributed by atoms with E-state index in [1.807, 2.05) is 12.3 Å². The minimum Gasteiger partial charge on any atom is -0.256 e. The maximum atomic E-state index is 4.40. The standard InChI is InChI=1S/C13H15N/c1-3-10-8-11(4-2)12-6-5-7-14-13(12)9-10/h5-9H,3-4H2,1-2H3. The molecule has 1 heteroatoms. The fraction of sp³-hybridized carbons (Fsp3) is 0.308. The number of aromatic nitrogens is 1. The Hall–Kier alpha value is -1.37. The summed E-state index contributed by atoms with van der Waals surface area (Å²) < 4.78 is 0. The third kappa shape index (κ3) is 1.50. The number of benzene rings is 1. The fourth-order valence-corrected chi connectivity index (χ4v) is 1.82.